The van der Waals surface area contributed by atoms with Crippen molar-refractivity contribution in [2.75, 3.05) is 13.2 Å². The molecular formula is C17H17N3O4S. The summed E-state index contributed by atoms with van der Waals surface area (Å²) < 4.78 is 4.96. The van der Waals surface area contributed by atoms with Crippen LogP contribution >= 0.6 is 11.8 Å². The second-order valence-corrected chi connectivity index (χ2v) is 6.15. The van der Waals surface area contributed by atoms with Gasteiger partial charge in [0.25, 0.3) is 5.91 Å². The van der Waals surface area contributed by atoms with Gasteiger partial charge in [0.15, 0.2) is 6.61 Å². The fourth-order valence-electron chi connectivity index (χ4n) is 1.79. The summed E-state index contributed by atoms with van der Waals surface area (Å²) in [5.74, 6) is -1.95. The minimum absolute atomic E-state index is 0.260. The minimum Gasteiger partial charge on any atom is -0.452 e. The number of carbonyl (C=O) groups is 3. The van der Waals surface area contributed by atoms with E-state index in [1.165, 1.54) is 11.8 Å². The SMILES string of the molecule is Cc1ccc(Sc2ncccc2C(=O)OCC(=O)NCC(N)=O)cc1. The van der Waals surface area contributed by atoms with Gasteiger partial charge in [0, 0.05) is 11.1 Å². The van der Waals surface area contributed by atoms with Gasteiger partial charge in [-0.05, 0) is 31.2 Å². The van der Waals surface area contributed by atoms with Gasteiger partial charge < -0.3 is 15.8 Å². The van der Waals surface area contributed by atoms with Gasteiger partial charge in [-0.25, -0.2) is 9.78 Å². The Morgan fingerprint density at radius 2 is 1.92 bits per heavy atom. The number of primary amides is 1. The van der Waals surface area contributed by atoms with Gasteiger partial charge >= 0.3 is 5.97 Å². The Hall–Kier alpha value is -2.87. The smallest absolute Gasteiger partial charge is 0.341 e. The number of rotatable bonds is 7. The number of aromatic nitrogens is 1. The topological polar surface area (TPSA) is 111 Å². The van der Waals surface area contributed by atoms with Crippen molar-refractivity contribution in [2.45, 2.75) is 16.8 Å². The van der Waals surface area contributed by atoms with Gasteiger partial charge in [-0.3, -0.25) is 9.59 Å². The Balaban J connectivity index is 2.01. The van der Waals surface area contributed by atoms with Crippen LogP contribution in [0.15, 0.2) is 52.5 Å². The number of ether oxygens (including phenoxy) is 1. The van der Waals surface area contributed by atoms with Crippen molar-refractivity contribution in [3.8, 4) is 0 Å². The second-order valence-electron chi connectivity index (χ2n) is 5.09. The molecule has 1 aromatic carbocycles. The average Bonchev–Trinajstić information content (AvgIpc) is 2.60. The number of nitrogens with two attached hydrogens (primary N) is 1. The molecule has 0 aliphatic carbocycles. The lowest BCUT2D eigenvalue weighted by Crippen LogP contribution is -2.36. The molecule has 0 saturated heterocycles. The lowest BCUT2D eigenvalue weighted by Gasteiger charge is -2.08. The zero-order chi connectivity index (χ0) is 18.2. The van der Waals surface area contributed by atoms with E-state index in [1.54, 1.807) is 18.3 Å². The molecule has 2 amide bonds. The third kappa shape index (κ3) is 5.92. The van der Waals surface area contributed by atoms with Crippen LogP contribution in [0.1, 0.15) is 15.9 Å². The normalized spacial score (nSPS) is 10.1. The van der Waals surface area contributed by atoms with Gasteiger partial charge in [-0.15, -0.1) is 0 Å². The van der Waals surface area contributed by atoms with E-state index in [2.05, 4.69) is 10.3 Å². The van der Waals surface area contributed by atoms with Crippen LogP contribution in [0.25, 0.3) is 0 Å². The van der Waals surface area contributed by atoms with Crippen molar-refractivity contribution >= 4 is 29.5 Å². The highest BCUT2D eigenvalue weighted by Crippen LogP contribution is 2.29. The number of benzene rings is 1. The Morgan fingerprint density at radius 1 is 1.20 bits per heavy atom. The molecule has 0 atom stereocenters. The molecule has 0 saturated carbocycles. The molecule has 0 bridgehead atoms. The first kappa shape index (κ1) is 18.5. The first-order chi connectivity index (χ1) is 12.0. The van der Waals surface area contributed by atoms with E-state index in [9.17, 15) is 14.4 Å². The van der Waals surface area contributed by atoms with Gasteiger partial charge in [-0.2, -0.15) is 0 Å². The number of carbonyl (C=O) groups excluding carboxylic acids is 3. The maximum absolute atomic E-state index is 12.2. The van der Waals surface area contributed by atoms with Crippen LogP contribution in [0.4, 0.5) is 0 Å². The van der Waals surface area contributed by atoms with Crippen molar-refractivity contribution in [3.05, 3.63) is 53.7 Å². The van der Waals surface area contributed by atoms with E-state index in [0.29, 0.717) is 5.03 Å². The number of esters is 1. The molecule has 0 aliphatic rings. The fourth-order valence-corrected chi connectivity index (χ4v) is 2.66. The van der Waals surface area contributed by atoms with Gasteiger partial charge in [0.05, 0.1) is 12.1 Å². The highest BCUT2D eigenvalue weighted by Gasteiger charge is 2.16. The average molecular weight is 359 g/mol. The second kappa shape index (κ2) is 8.84. The summed E-state index contributed by atoms with van der Waals surface area (Å²) >= 11 is 1.33. The summed E-state index contributed by atoms with van der Waals surface area (Å²) in [6, 6.07) is 11.0. The molecule has 1 heterocycles. The van der Waals surface area contributed by atoms with Crippen molar-refractivity contribution in [1.29, 1.82) is 0 Å². The minimum atomic E-state index is -0.677. The van der Waals surface area contributed by atoms with Crippen molar-refractivity contribution < 1.29 is 19.1 Å². The maximum Gasteiger partial charge on any atom is 0.341 e. The molecule has 0 spiro atoms. The monoisotopic (exact) mass is 359 g/mol. The first-order valence-electron chi connectivity index (χ1n) is 7.37. The third-order valence-electron chi connectivity index (χ3n) is 3.02. The van der Waals surface area contributed by atoms with Crippen molar-refractivity contribution in [2.24, 2.45) is 5.73 Å². The standard InChI is InChI=1S/C17H17N3O4S/c1-11-4-6-12(7-5-11)25-16-13(3-2-8-19-16)17(23)24-10-15(22)20-9-14(18)21/h2-8H,9-10H2,1H3,(H2,18,21)(H,20,22). The van der Waals surface area contributed by atoms with Crippen LogP contribution in [-0.2, 0) is 14.3 Å². The van der Waals surface area contributed by atoms with E-state index in [0.717, 1.165) is 10.5 Å². The van der Waals surface area contributed by atoms with Gasteiger partial charge in [0.1, 0.15) is 5.03 Å². The zero-order valence-electron chi connectivity index (χ0n) is 13.5. The number of nitrogens with zero attached hydrogens (tertiary/aromatic N) is 1. The Morgan fingerprint density at radius 3 is 2.60 bits per heavy atom. The third-order valence-corrected chi connectivity index (χ3v) is 4.05. The summed E-state index contributed by atoms with van der Waals surface area (Å²) in [5.41, 5.74) is 6.31. The lowest BCUT2D eigenvalue weighted by molar-refractivity contribution is -0.127. The molecule has 25 heavy (non-hydrogen) atoms. The molecule has 1 aromatic heterocycles. The number of hydrogen-bond donors (Lipinski definition) is 2. The van der Waals surface area contributed by atoms with Crippen molar-refractivity contribution in [3.63, 3.8) is 0 Å². The van der Waals surface area contributed by atoms with Crippen LogP contribution in [0.2, 0.25) is 0 Å². The van der Waals surface area contributed by atoms with Crippen molar-refractivity contribution in [1.82, 2.24) is 10.3 Å². The van der Waals surface area contributed by atoms with E-state index >= 15 is 0 Å². The Kier molecular flexibility index (Phi) is 6.53. The van der Waals surface area contributed by atoms with Crippen LogP contribution in [0.5, 0.6) is 0 Å². The molecule has 0 radical (unpaired) electrons. The summed E-state index contributed by atoms with van der Waals surface area (Å²) in [4.78, 5) is 39.4. The largest absolute Gasteiger partial charge is 0.452 e. The Bertz CT molecular complexity index is 778. The lowest BCUT2D eigenvalue weighted by atomic mass is 10.2. The highest BCUT2D eigenvalue weighted by molar-refractivity contribution is 7.99. The predicted octanol–water partition coefficient (Wildman–Crippen LogP) is 1.30. The molecule has 0 fully saturated rings. The molecule has 7 nitrogen and oxygen atoms in total. The van der Waals surface area contributed by atoms with Crippen LogP contribution in [-0.4, -0.2) is 35.9 Å². The molecule has 2 rings (SSSR count). The first-order valence-corrected chi connectivity index (χ1v) is 8.19. The number of amides is 2. The molecule has 2 aromatic rings. The van der Waals surface area contributed by atoms with Crippen LogP contribution < -0.4 is 11.1 Å². The molecule has 8 heteroatoms. The summed E-state index contributed by atoms with van der Waals surface area (Å²) in [5, 5.41) is 2.72. The number of nitrogens with one attached hydrogen (secondary N) is 1. The van der Waals surface area contributed by atoms with E-state index in [1.807, 2.05) is 31.2 Å². The van der Waals surface area contributed by atoms with Gasteiger partial charge in [-0.1, -0.05) is 29.5 Å². The maximum atomic E-state index is 12.2. The Labute approximate surface area is 149 Å². The summed E-state index contributed by atoms with van der Waals surface area (Å²) in [6.45, 7) is 1.18. The quantitative estimate of drug-likeness (QED) is 0.721. The van der Waals surface area contributed by atoms with E-state index in [-0.39, 0.29) is 12.1 Å². The molecule has 0 unspecified atom stereocenters. The van der Waals surface area contributed by atoms with E-state index < -0.39 is 24.4 Å². The van der Waals surface area contributed by atoms with Gasteiger partial charge in [0.2, 0.25) is 5.91 Å². The van der Waals surface area contributed by atoms with E-state index in [4.69, 9.17) is 10.5 Å². The molecule has 0 aliphatic heterocycles. The molecule has 3 N–H and O–H groups in total. The van der Waals surface area contributed by atoms with Crippen LogP contribution in [0, 0.1) is 6.92 Å². The fraction of sp³-hybridized carbons (Fsp3) is 0.176. The highest BCUT2D eigenvalue weighted by atomic mass is 32.2. The predicted molar refractivity (Wildman–Crippen MR) is 92.0 cm³/mol. The van der Waals surface area contributed by atoms with Crippen LogP contribution in [0.3, 0.4) is 0 Å². The molecular weight excluding hydrogens is 342 g/mol. The molecule has 130 valence electrons. The summed E-state index contributed by atoms with van der Waals surface area (Å²) in [6.07, 6.45) is 1.58. The summed E-state index contributed by atoms with van der Waals surface area (Å²) in [7, 11) is 0. The zero-order valence-corrected chi connectivity index (χ0v) is 14.3. The number of aryl methyl sites for hydroxylation is 1. The number of hydrogen-bond acceptors (Lipinski definition) is 6. The number of pyridine rings is 1.